The molecule has 0 unspecified atom stereocenters. The van der Waals surface area contributed by atoms with Crippen LogP contribution in [0.1, 0.15) is 25.5 Å². The van der Waals surface area contributed by atoms with E-state index in [1.54, 1.807) is 18.2 Å². The Morgan fingerprint density at radius 3 is 2.85 bits per heavy atom. The van der Waals surface area contributed by atoms with E-state index in [9.17, 15) is 4.39 Å². The molecule has 1 rings (SSSR count). The van der Waals surface area contributed by atoms with Gasteiger partial charge in [-0.15, -0.1) is 0 Å². The molecule has 72 valence electrons. The van der Waals surface area contributed by atoms with Crippen LogP contribution in [0.4, 0.5) is 4.39 Å². The van der Waals surface area contributed by atoms with Crippen LogP contribution in [-0.2, 0) is 0 Å². The van der Waals surface area contributed by atoms with Crippen molar-refractivity contribution in [3.8, 4) is 0 Å². The van der Waals surface area contributed by atoms with Gasteiger partial charge in [-0.25, -0.2) is 4.39 Å². The van der Waals surface area contributed by atoms with E-state index in [-0.39, 0.29) is 16.9 Å². The molecule has 1 aromatic rings. The van der Waals surface area contributed by atoms with Crippen LogP contribution in [-0.4, -0.2) is 6.54 Å². The summed E-state index contributed by atoms with van der Waals surface area (Å²) < 4.78 is 13.4. The normalized spacial score (nSPS) is 12.9. The lowest BCUT2D eigenvalue weighted by Gasteiger charge is -2.13. The van der Waals surface area contributed by atoms with Gasteiger partial charge in [0.2, 0.25) is 0 Å². The Balaban J connectivity index is 2.93. The summed E-state index contributed by atoms with van der Waals surface area (Å²) >= 11 is 5.66. The maximum absolute atomic E-state index is 13.4. The molecule has 1 N–H and O–H groups in total. The second-order valence-corrected chi connectivity index (χ2v) is 3.33. The second-order valence-electron chi connectivity index (χ2n) is 2.92. The molecule has 13 heavy (non-hydrogen) atoms. The van der Waals surface area contributed by atoms with Crippen molar-refractivity contribution in [2.24, 2.45) is 0 Å². The monoisotopic (exact) mass is 201 g/mol. The highest BCUT2D eigenvalue weighted by atomic mass is 35.5. The van der Waals surface area contributed by atoms with Gasteiger partial charge >= 0.3 is 0 Å². The Labute approximate surface area is 82.9 Å². The van der Waals surface area contributed by atoms with Crippen LogP contribution < -0.4 is 5.32 Å². The van der Waals surface area contributed by atoms with Crippen LogP contribution in [0.5, 0.6) is 0 Å². The van der Waals surface area contributed by atoms with Crippen LogP contribution in [0.3, 0.4) is 0 Å². The molecule has 1 nitrogen and oxygen atoms in total. The van der Waals surface area contributed by atoms with Gasteiger partial charge in [0, 0.05) is 11.6 Å². The van der Waals surface area contributed by atoms with E-state index in [1.807, 2.05) is 13.8 Å². The molecule has 0 aliphatic heterocycles. The molecule has 0 saturated heterocycles. The minimum atomic E-state index is -0.322. The van der Waals surface area contributed by atoms with Crippen LogP contribution in [0, 0.1) is 5.82 Å². The maximum atomic E-state index is 13.4. The maximum Gasteiger partial charge on any atom is 0.146 e. The van der Waals surface area contributed by atoms with Crippen molar-refractivity contribution < 1.29 is 4.39 Å². The molecule has 0 aromatic heterocycles. The van der Waals surface area contributed by atoms with Gasteiger partial charge in [-0.2, -0.15) is 0 Å². The van der Waals surface area contributed by atoms with Gasteiger partial charge in [0.15, 0.2) is 0 Å². The topological polar surface area (TPSA) is 12.0 Å². The molecule has 0 spiro atoms. The predicted octanol–water partition coefficient (Wildman–Crippen LogP) is 3.15. The van der Waals surface area contributed by atoms with Crippen LogP contribution >= 0.6 is 11.6 Å². The third-order valence-electron chi connectivity index (χ3n) is 1.96. The summed E-state index contributed by atoms with van der Waals surface area (Å²) in [5.41, 5.74) is 0.620. The molecule has 0 heterocycles. The van der Waals surface area contributed by atoms with Crippen molar-refractivity contribution in [3.05, 3.63) is 34.6 Å². The summed E-state index contributed by atoms with van der Waals surface area (Å²) in [6, 6.07) is 5.06. The van der Waals surface area contributed by atoms with Gasteiger partial charge in [0.25, 0.3) is 0 Å². The Morgan fingerprint density at radius 1 is 1.54 bits per heavy atom. The third-order valence-corrected chi connectivity index (χ3v) is 2.25. The van der Waals surface area contributed by atoms with Crippen molar-refractivity contribution in [2.75, 3.05) is 6.54 Å². The van der Waals surface area contributed by atoms with Gasteiger partial charge in [-0.3, -0.25) is 0 Å². The smallest absolute Gasteiger partial charge is 0.146 e. The highest BCUT2D eigenvalue weighted by Gasteiger charge is 2.11. The van der Waals surface area contributed by atoms with Gasteiger partial charge in [0.05, 0.1) is 5.02 Å². The van der Waals surface area contributed by atoms with E-state index in [0.717, 1.165) is 6.54 Å². The van der Waals surface area contributed by atoms with Crippen LogP contribution in [0.25, 0.3) is 0 Å². The minimum Gasteiger partial charge on any atom is -0.310 e. The molecule has 0 aliphatic carbocycles. The fourth-order valence-corrected chi connectivity index (χ4v) is 1.45. The summed E-state index contributed by atoms with van der Waals surface area (Å²) in [5.74, 6) is -0.322. The number of halogens is 2. The van der Waals surface area contributed by atoms with E-state index >= 15 is 0 Å². The Hall–Kier alpha value is -0.600. The number of nitrogens with one attached hydrogen (secondary N) is 1. The molecule has 3 heteroatoms. The molecular weight excluding hydrogens is 189 g/mol. The summed E-state index contributed by atoms with van der Waals surface area (Å²) in [6.45, 7) is 4.71. The molecule has 0 amide bonds. The SMILES string of the molecule is CCN[C@H](C)c1cccc(Cl)c1F. The molecule has 0 radical (unpaired) electrons. The zero-order chi connectivity index (χ0) is 9.84. The lowest BCUT2D eigenvalue weighted by Crippen LogP contribution is -2.18. The summed E-state index contributed by atoms with van der Waals surface area (Å²) in [6.07, 6.45) is 0. The van der Waals surface area contributed by atoms with Crippen molar-refractivity contribution in [3.63, 3.8) is 0 Å². The minimum absolute atomic E-state index is 0.00343. The van der Waals surface area contributed by atoms with E-state index < -0.39 is 0 Å². The molecule has 0 aliphatic rings. The summed E-state index contributed by atoms with van der Waals surface area (Å²) in [7, 11) is 0. The number of rotatable bonds is 3. The zero-order valence-corrected chi connectivity index (χ0v) is 8.53. The fourth-order valence-electron chi connectivity index (χ4n) is 1.27. The Kier molecular flexibility index (Phi) is 3.70. The number of benzene rings is 1. The first-order valence-electron chi connectivity index (χ1n) is 4.34. The lowest BCUT2D eigenvalue weighted by atomic mass is 10.1. The highest BCUT2D eigenvalue weighted by Crippen LogP contribution is 2.22. The number of hydrogen-bond donors (Lipinski definition) is 1. The number of hydrogen-bond acceptors (Lipinski definition) is 1. The zero-order valence-electron chi connectivity index (χ0n) is 7.77. The van der Waals surface area contributed by atoms with E-state index in [2.05, 4.69) is 5.32 Å². The van der Waals surface area contributed by atoms with Crippen molar-refractivity contribution in [1.29, 1.82) is 0 Å². The van der Waals surface area contributed by atoms with E-state index in [1.165, 1.54) is 0 Å². The van der Waals surface area contributed by atoms with Gasteiger partial charge < -0.3 is 5.32 Å². The first-order chi connectivity index (χ1) is 6.16. The molecule has 0 bridgehead atoms. The molecule has 0 fully saturated rings. The van der Waals surface area contributed by atoms with Crippen molar-refractivity contribution in [2.45, 2.75) is 19.9 Å². The average Bonchev–Trinajstić information content (AvgIpc) is 2.10. The Bertz CT molecular complexity index is 288. The largest absolute Gasteiger partial charge is 0.310 e. The van der Waals surface area contributed by atoms with Crippen LogP contribution in [0.15, 0.2) is 18.2 Å². The molecule has 1 atom stereocenters. The van der Waals surface area contributed by atoms with E-state index in [0.29, 0.717) is 5.56 Å². The van der Waals surface area contributed by atoms with Crippen molar-refractivity contribution in [1.82, 2.24) is 5.32 Å². The molecular formula is C10H13ClFN. The van der Waals surface area contributed by atoms with Gasteiger partial charge in [0.1, 0.15) is 5.82 Å². The third kappa shape index (κ3) is 2.42. The van der Waals surface area contributed by atoms with Gasteiger partial charge in [-0.05, 0) is 19.5 Å². The van der Waals surface area contributed by atoms with Crippen molar-refractivity contribution >= 4 is 11.6 Å². The second kappa shape index (κ2) is 4.58. The standard InChI is InChI=1S/C10H13ClFN/c1-3-13-7(2)8-5-4-6-9(11)10(8)12/h4-7,13H,3H2,1-2H3/t7-/m1/s1. The predicted molar refractivity (Wildman–Crippen MR) is 53.5 cm³/mol. The summed E-state index contributed by atoms with van der Waals surface area (Å²) in [5, 5.41) is 3.31. The molecule has 0 saturated carbocycles. The van der Waals surface area contributed by atoms with Crippen LogP contribution in [0.2, 0.25) is 5.02 Å². The molecule has 1 aromatic carbocycles. The van der Waals surface area contributed by atoms with Gasteiger partial charge in [-0.1, -0.05) is 30.7 Å². The lowest BCUT2D eigenvalue weighted by molar-refractivity contribution is 0.541. The Morgan fingerprint density at radius 2 is 2.23 bits per heavy atom. The first-order valence-corrected chi connectivity index (χ1v) is 4.72. The first kappa shape index (κ1) is 10.5. The average molecular weight is 202 g/mol. The van der Waals surface area contributed by atoms with E-state index in [4.69, 9.17) is 11.6 Å². The highest BCUT2D eigenvalue weighted by molar-refractivity contribution is 6.30. The summed E-state index contributed by atoms with van der Waals surface area (Å²) in [4.78, 5) is 0. The quantitative estimate of drug-likeness (QED) is 0.792. The fraction of sp³-hybridized carbons (Fsp3) is 0.400.